The van der Waals surface area contributed by atoms with Gasteiger partial charge in [0.15, 0.2) is 0 Å². The summed E-state index contributed by atoms with van der Waals surface area (Å²) < 4.78 is 33.3. The Bertz CT molecular complexity index is 1470. The molecule has 0 spiro atoms. The van der Waals surface area contributed by atoms with Crippen LogP contribution >= 0.6 is 0 Å². The van der Waals surface area contributed by atoms with E-state index in [0.717, 1.165) is 27.8 Å². The Morgan fingerprint density at radius 3 is 0.723 bits per heavy atom. The average molecular weight is 631 g/mol. The quantitative estimate of drug-likeness (QED) is 0.131. The SMILES string of the molecule is OC1[C@H](OCc2ccccc2)[C@H](OCc2ccccc2)C(OCc2ccccc2)[C@H](OCc2ccccc2)[C@H]1OCc1ccccc1. The summed E-state index contributed by atoms with van der Waals surface area (Å²) >= 11 is 0. The Labute approximate surface area is 277 Å². The highest BCUT2D eigenvalue weighted by Gasteiger charge is 2.54. The van der Waals surface area contributed by atoms with E-state index < -0.39 is 36.6 Å². The molecule has 1 N–H and O–H groups in total. The van der Waals surface area contributed by atoms with Gasteiger partial charge < -0.3 is 28.8 Å². The molecule has 6 rings (SSSR count). The van der Waals surface area contributed by atoms with Gasteiger partial charge in [0.05, 0.1) is 33.0 Å². The van der Waals surface area contributed by atoms with Crippen LogP contribution in [-0.4, -0.2) is 41.7 Å². The largest absolute Gasteiger partial charge is 0.387 e. The van der Waals surface area contributed by atoms with Gasteiger partial charge in [0.2, 0.25) is 0 Å². The summed E-state index contributed by atoms with van der Waals surface area (Å²) in [5, 5.41) is 12.2. The number of rotatable bonds is 15. The molecule has 5 aromatic rings. The van der Waals surface area contributed by atoms with E-state index in [4.69, 9.17) is 23.7 Å². The summed E-state index contributed by atoms with van der Waals surface area (Å²) in [6, 6.07) is 49.9. The number of hydrogen-bond acceptors (Lipinski definition) is 6. The van der Waals surface area contributed by atoms with E-state index >= 15 is 0 Å². The monoisotopic (exact) mass is 630 g/mol. The molecule has 0 bridgehead atoms. The van der Waals surface area contributed by atoms with Crippen molar-refractivity contribution < 1.29 is 28.8 Å². The molecule has 1 saturated carbocycles. The summed E-state index contributed by atoms with van der Waals surface area (Å²) in [4.78, 5) is 0. The van der Waals surface area contributed by atoms with E-state index in [0.29, 0.717) is 33.0 Å². The second-order valence-electron chi connectivity index (χ2n) is 11.8. The highest BCUT2D eigenvalue weighted by atomic mass is 16.6. The third-order valence-electron chi connectivity index (χ3n) is 8.39. The molecule has 0 saturated heterocycles. The van der Waals surface area contributed by atoms with Gasteiger partial charge in [-0.05, 0) is 27.8 Å². The Morgan fingerprint density at radius 1 is 0.298 bits per heavy atom. The van der Waals surface area contributed by atoms with E-state index in [-0.39, 0.29) is 0 Å². The fraction of sp³-hybridized carbons (Fsp3) is 0.268. The molecular formula is C41H42O6. The zero-order chi connectivity index (χ0) is 32.1. The van der Waals surface area contributed by atoms with Gasteiger partial charge >= 0.3 is 0 Å². The summed E-state index contributed by atoms with van der Waals surface area (Å²) in [5.74, 6) is 0. The molecule has 0 amide bonds. The maximum absolute atomic E-state index is 12.2. The van der Waals surface area contributed by atoms with Crippen molar-refractivity contribution in [2.24, 2.45) is 0 Å². The molecule has 1 aliphatic carbocycles. The fourth-order valence-electron chi connectivity index (χ4n) is 5.93. The lowest BCUT2D eigenvalue weighted by Crippen LogP contribution is -2.66. The molecule has 1 fully saturated rings. The molecule has 0 radical (unpaired) electrons. The number of hydrogen-bond donors (Lipinski definition) is 1. The zero-order valence-electron chi connectivity index (χ0n) is 26.4. The van der Waals surface area contributed by atoms with Gasteiger partial charge in [0.1, 0.15) is 36.6 Å². The summed E-state index contributed by atoms with van der Waals surface area (Å²) in [7, 11) is 0. The van der Waals surface area contributed by atoms with Gasteiger partial charge in [-0.25, -0.2) is 0 Å². The van der Waals surface area contributed by atoms with Crippen molar-refractivity contribution in [3.05, 3.63) is 179 Å². The van der Waals surface area contributed by atoms with Crippen LogP contribution in [0.3, 0.4) is 0 Å². The minimum Gasteiger partial charge on any atom is -0.387 e. The molecule has 2 unspecified atom stereocenters. The van der Waals surface area contributed by atoms with Crippen LogP contribution in [0, 0.1) is 0 Å². The topological polar surface area (TPSA) is 66.4 Å². The molecular weight excluding hydrogens is 588 g/mol. The van der Waals surface area contributed by atoms with E-state index in [2.05, 4.69) is 0 Å². The normalized spacial score (nSPS) is 22.6. The van der Waals surface area contributed by atoms with Crippen molar-refractivity contribution in [3.8, 4) is 0 Å². The van der Waals surface area contributed by atoms with Crippen LogP contribution in [0.2, 0.25) is 0 Å². The lowest BCUT2D eigenvalue weighted by Gasteiger charge is -2.48. The number of aliphatic hydroxyl groups excluding tert-OH is 1. The number of ether oxygens (including phenoxy) is 5. The van der Waals surface area contributed by atoms with Crippen LogP contribution in [0.15, 0.2) is 152 Å². The molecule has 6 nitrogen and oxygen atoms in total. The third-order valence-corrected chi connectivity index (χ3v) is 8.39. The van der Waals surface area contributed by atoms with Gasteiger partial charge in [-0.1, -0.05) is 152 Å². The first kappa shape index (κ1) is 32.8. The Balaban J connectivity index is 1.35. The lowest BCUT2D eigenvalue weighted by molar-refractivity contribution is -0.283. The van der Waals surface area contributed by atoms with Gasteiger partial charge in [0.25, 0.3) is 0 Å². The summed E-state index contributed by atoms with van der Waals surface area (Å²) in [6.45, 7) is 1.54. The molecule has 47 heavy (non-hydrogen) atoms. The van der Waals surface area contributed by atoms with Crippen LogP contribution < -0.4 is 0 Å². The molecule has 6 heteroatoms. The van der Waals surface area contributed by atoms with Gasteiger partial charge in [-0.3, -0.25) is 0 Å². The first-order valence-electron chi connectivity index (χ1n) is 16.2. The molecule has 0 aromatic heterocycles. The summed E-state index contributed by atoms with van der Waals surface area (Å²) in [5.41, 5.74) is 5.02. The van der Waals surface area contributed by atoms with Gasteiger partial charge in [-0.15, -0.1) is 0 Å². The second kappa shape index (κ2) is 17.1. The number of benzene rings is 5. The zero-order valence-corrected chi connectivity index (χ0v) is 26.4. The van der Waals surface area contributed by atoms with Gasteiger partial charge in [-0.2, -0.15) is 0 Å². The van der Waals surface area contributed by atoms with E-state index in [9.17, 15) is 5.11 Å². The average Bonchev–Trinajstić information content (AvgIpc) is 3.14. The van der Waals surface area contributed by atoms with Crippen LogP contribution in [0.5, 0.6) is 0 Å². The standard InChI is InChI=1S/C41H42O6/c42-36-37(43-26-31-16-6-1-7-17-31)39(45-28-33-20-10-3-11-21-33)41(47-30-35-24-14-5-15-25-35)40(46-29-34-22-12-4-13-23-34)38(36)44-27-32-18-8-2-9-19-32/h1-25,36-42H,26-30H2/t36?,37-,38-,39-,40+,41?/m0/s1. The Kier molecular flexibility index (Phi) is 12.0. The van der Waals surface area contributed by atoms with E-state index in [1.165, 1.54) is 0 Å². The molecule has 0 heterocycles. The molecule has 242 valence electrons. The van der Waals surface area contributed by atoms with E-state index in [1.54, 1.807) is 0 Å². The van der Waals surface area contributed by atoms with E-state index in [1.807, 2.05) is 152 Å². The van der Waals surface area contributed by atoms with Crippen molar-refractivity contribution >= 4 is 0 Å². The van der Waals surface area contributed by atoms with Crippen molar-refractivity contribution in [2.75, 3.05) is 0 Å². The van der Waals surface area contributed by atoms with Crippen LogP contribution in [0.25, 0.3) is 0 Å². The lowest BCUT2D eigenvalue weighted by atomic mass is 9.83. The van der Waals surface area contributed by atoms with Crippen molar-refractivity contribution in [3.63, 3.8) is 0 Å². The molecule has 0 aliphatic heterocycles. The first-order valence-corrected chi connectivity index (χ1v) is 16.2. The first-order chi connectivity index (χ1) is 23.2. The Morgan fingerprint density at radius 2 is 0.489 bits per heavy atom. The Hall–Kier alpha value is -4.14. The molecule has 5 aromatic carbocycles. The highest BCUT2D eigenvalue weighted by molar-refractivity contribution is 5.18. The second-order valence-corrected chi connectivity index (χ2v) is 11.8. The highest BCUT2D eigenvalue weighted by Crippen LogP contribution is 2.35. The fourth-order valence-corrected chi connectivity index (χ4v) is 5.93. The van der Waals surface area contributed by atoms with Crippen molar-refractivity contribution in [1.82, 2.24) is 0 Å². The molecule has 1 aliphatic rings. The van der Waals surface area contributed by atoms with Crippen LogP contribution in [0.4, 0.5) is 0 Å². The van der Waals surface area contributed by atoms with Crippen LogP contribution in [0.1, 0.15) is 27.8 Å². The number of aliphatic hydroxyl groups is 1. The third kappa shape index (κ3) is 9.24. The predicted molar refractivity (Wildman–Crippen MR) is 181 cm³/mol. The smallest absolute Gasteiger partial charge is 0.116 e. The minimum absolute atomic E-state index is 0.292. The predicted octanol–water partition coefficient (Wildman–Crippen LogP) is 7.29. The van der Waals surface area contributed by atoms with Crippen LogP contribution in [-0.2, 0) is 56.7 Å². The molecule has 6 atom stereocenters. The van der Waals surface area contributed by atoms with Gasteiger partial charge in [0, 0.05) is 0 Å². The maximum Gasteiger partial charge on any atom is 0.116 e. The maximum atomic E-state index is 12.2. The minimum atomic E-state index is -1.07. The summed E-state index contributed by atoms with van der Waals surface area (Å²) in [6.07, 6.45) is -4.58. The van der Waals surface area contributed by atoms with Crippen molar-refractivity contribution in [1.29, 1.82) is 0 Å². The van der Waals surface area contributed by atoms with Crippen molar-refractivity contribution in [2.45, 2.75) is 69.7 Å².